The van der Waals surface area contributed by atoms with Crippen molar-refractivity contribution in [1.29, 1.82) is 0 Å². The number of benzene rings is 2. The molecule has 0 unspecified atom stereocenters. The lowest BCUT2D eigenvalue weighted by molar-refractivity contribution is -0.386. The van der Waals surface area contributed by atoms with E-state index in [0.29, 0.717) is 22.1 Å². The van der Waals surface area contributed by atoms with Crippen LogP contribution in [0.3, 0.4) is 0 Å². The van der Waals surface area contributed by atoms with Crippen molar-refractivity contribution in [3.63, 3.8) is 0 Å². The van der Waals surface area contributed by atoms with Crippen LogP contribution in [0.25, 0.3) is 23.4 Å². The Balaban J connectivity index is 1.88. The minimum atomic E-state index is -0.659. The van der Waals surface area contributed by atoms with Crippen LogP contribution in [0.1, 0.15) is 10.6 Å². The first-order valence-electron chi connectivity index (χ1n) is 8.38. The van der Waals surface area contributed by atoms with Gasteiger partial charge in [-0.05, 0) is 35.9 Å². The molecule has 1 aromatic heterocycles. The van der Waals surface area contributed by atoms with Gasteiger partial charge in [0.15, 0.2) is 17.2 Å². The molecule has 0 amide bonds. The molecule has 150 valence electrons. The van der Waals surface area contributed by atoms with Crippen LogP contribution in [-0.2, 0) is 0 Å². The lowest BCUT2D eigenvalue weighted by Gasteiger charge is -2.08. The summed E-state index contributed by atoms with van der Waals surface area (Å²) >= 11 is 1.43. The summed E-state index contributed by atoms with van der Waals surface area (Å²) in [6.07, 6.45) is 3.41. The summed E-state index contributed by atoms with van der Waals surface area (Å²) in [7, 11) is 4.48. The van der Waals surface area contributed by atoms with Crippen molar-refractivity contribution in [1.82, 2.24) is 4.98 Å². The zero-order valence-corrected chi connectivity index (χ0v) is 16.7. The molecule has 0 atom stereocenters. The van der Waals surface area contributed by atoms with E-state index in [4.69, 9.17) is 14.2 Å². The highest BCUT2D eigenvalue weighted by Gasteiger charge is 2.19. The molecular weight excluding hydrogens is 396 g/mol. The van der Waals surface area contributed by atoms with Crippen LogP contribution in [0.2, 0.25) is 0 Å². The summed E-state index contributed by atoms with van der Waals surface area (Å²) in [5.41, 5.74) is 1.73. The second-order valence-corrected chi connectivity index (χ2v) is 6.71. The average molecular weight is 414 g/mol. The maximum absolute atomic E-state index is 11.1. The van der Waals surface area contributed by atoms with Crippen molar-refractivity contribution in [3.8, 4) is 34.3 Å². The number of hydrogen-bond acceptors (Lipinski definition) is 8. The number of phenolic OH excluding ortho intramolecular Hbond substituents is 1. The summed E-state index contributed by atoms with van der Waals surface area (Å²) in [5, 5.41) is 23.6. The Labute approximate surface area is 170 Å². The fraction of sp³-hybridized carbons (Fsp3) is 0.150. The van der Waals surface area contributed by atoms with E-state index in [1.54, 1.807) is 26.4 Å². The fourth-order valence-electron chi connectivity index (χ4n) is 2.66. The number of hydrogen-bond donors (Lipinski definition) is 1. The van der Waals surface area contributed by atoms with Gasteiger partial charge in [-0.25, -0.2) is 4.98 Å². The number of nitro groups is 1. The van der Waals surface area contributed by atoms with Gasteiger partial charge in [0.25, 0.3) is 0 Å². The van der Waals surface area contributed by atoms with Gasteiger partial charge >= 0.3 is 5.69 Å². The number of phenols is 1. The number of nitrogens with zero attached hydrogens (tertiary/aromatic N) is 2. The second kappa shape index (κ2) is 8.61. The molecule has 0 saturated heterocycles. The molecular formula is C20H18N2O6S. The first-order chi connectivity index (χ1) is 14.0. The van der Waals surface area contributed by atoms with Crippen LogP contribution >= 0.6 is 11.3 Å². The Morgan fingerprint density at radius 3 is 2.41 bits per heavy atom. The van der Waals surface area contributed by atoms with Crippen LogP contribution in [0, 0.1) is 10.1 Å². The third kappa shape index (κ3) is 4.30. The number of ether oxygens (including phenoxy) is 3. The molecule has 0 saturated carbocycles. The molecule has 29 heavy (non-hydrogen) atoms. The van der Waals surface area contributed by atoms with Gasteiger partial charge in [-0.3, -0.25) is 10.1 Å². The average Bonchev–Trinajstić information content (AvgIpc) is 3.21. The quantitative estimate of drug-likeness (QED) is 0.444. The van der Waals surface area contributed by atoms with Gasteiger partial charge < -0.3 is 19.3 Å². The molecule has 0 fully saturated rings. The minimum Gasteiger partial charge on any atom is -0.500 e. The molecule has 0 aliphatic rings. The molecule has 0 spiro atoms. The lowest BCUT2D eigenvalue weighted by atomic mass is 10.1. The second-order valence-electron chi connectivity index (χ2n) is 5.82. The predicted octanol–water partition coefficient (Wildman–Crippen LogP) is 4.62. The Hall–Kier alpha value is -3.59. The van der Waals surface area contributed by atoms with Gasteiger partial charge in [0.1, 0.15) is 5.01 Å². The Kier molecular flexibility index (Phi) is 5.99. The van der Waals surface area contributed by atoms with Crippen molar-refractivity contribution in [2.24, 2.45) is 0 Å². The van der Waals surface area contributed by atoms with Gasteiger partial charge in [0.05, 0.1) is 31.9 Å². The van der Waals surface area contributed by atoms with Gasteiger partial charge in [0, 0.05) is 17.0 Å². The molecule has 0 aliphatic carbocycles. The van der Waals surface area contributed by atoms with Crippen LogP contribution in [0.5, 0.6) is 23.0 Å². The lowest BCUT2D eigenvalue weighted by Crippen LogP contribution is -1.93. The highest BCUT2D eigenvalue weighted by molar-refractivity contribution is 7.10. The standard InChI is InChI=1S/C20H18N2O6S/c1-26-16-6-5-13(10-17(16)27-2)14-11-29-19(21-14)7-4-12-8-15(22(24)25)20(23)18(9-12)28-3/h4-11,23H,1-3H3/b7-4+. The zero-order chi connectivity index (χ0) is 21.0. The highest BCUT2D eigenvalue weighted by atomic mass is 32.1. The van der Waals surface area contributed by atoms with Crippen molar-refractivity contribution >= 4 is 29.2 Å². The number of rotatable bonds is 7. The van der Waals surface area contributed by atoms with Crippen molar-refractivity contribution in [3.05, 3.63) is 56.4 Å². The Morgan fingerprint density at radius 2 is 1.76 bits per heavy atom. The normalized spacial score (nSPS) is 10.9. The molecule has 0 bridgehead atoms. The van der Waals surface area contributed by atoms with E-state index < -0.39 is 16.4 Å². The molecule has 0 aliphatic heterocycles. The molecule has 1 heterocycles. The van der Waals surface area contributed by atoms with Gasteiger partial charge in [-0.15, -0.1) is 11.3 Å². The van der Waals surface area contributed by atoms with Crippen LogP contribution in [-0.4, -0.2) is 36.3 Å². The van der Waals surface area contributed by atoms with E-state index in [9.17, 15) is 15.2 Å². The summed E-state index contributed by atoms with van der Waals surface area (Å²) in [6.45, 7) is 0. The highest BCUT2D eigenvalue weighted by Crippen LogP contribution is 2.37. The number of methoxy groups -OCH3 is 3. The van der Waals surface area contributed by atoms with Crippen LogP contribution in [0.15, 0.2) is 35.7 Å². The first kappa shape index (κ1) is 20.2. The Morgan fingerprint density at radius 1 is 1.03 bits per heavy atom. The summed E-state index contributed by atoms with van der Waals surface area (Å²) in [6, 6.07) is 8.33. The van der Waals surface area contributed by atoms with E-state index in [0.717, 1.165) is 11.3 Å². The topological polar surface area (TPSA) is 104 Å². The number of nitro benzene ring substituents is 1. The SMILES string of the molecule is COc1ccc(-c2csc(/C=C/c3cc(OC)c(O)c([N+](=O)[O-])c3)n2)cc1OC. The molecule has 8 nitrogen and oxygen atoms in total. The third-order valence-electron chi connectivity index (χ3n) is 4.11. The van der Waals surface area contributed by atoms with E-state index >= 15 is 0 Å². The summed E-state index contributed by atoms with van der Waals surface area (Å²) in [5.74, 6) is 0.775. The maximum Gasteiger partial charge on any atom is 0.315 e. The summed E-state index contributed by atoms with van der Waals surface area (Å²) in [4.78, 5) is 15.0. The van der Waals surface area contributed by atoms with Gasteiger partial charge in [-0.2, -0.15) is 0 Å². The van der Waals surface area contributed by atoms with E-state index in [1.165, 1.54) is 30.6 Å². The number of thiazole rings is 1. The van der Waals surface area contributed by atoms with Crippen LogP contribution < -0.4 is 14.2 Å². The smallest absolute Gasteiger partial charge is 0.315 e. The number of aromatic hydroxyl groups is 1. The van der Waals surface area contributed by atoms with E-state index in [-0.39, 0.29) is 5.75 Å². The Bertz CT molecular complexity index is 1080. The monoisotopic (exact) mass is 414 g/mol. The molecule has 3 rings (SSSR count). The molecule has 3 aromatic rings. The van der Waals surface area contributed by atoms with Crippen molar-refractivity contribution < 1.29 is 24.2 Å². The third-order valence-corrected chi connectivity index (χ3v) is 4.92. The summed E-state index contributed by atoms with van der Waals surface area (Å²) < 4.78 is 15.6. The van der Waals surface area contributed by atoms with Gasteiger partial charge in [0.2, 0.25) is 5.75 Å². The fourth-order valence-corrected chi connectivity index (χ4v) is 3.38. The minimum absolute atomic E-state index is 0.0315. The van der Waals surface area contributed by atoms with E-state index in [1.807, 2.05) is 23.6 Å². The van der Waals surface area contributed by atoms with Crippen molar-refractivity contribution in [2.45, 2.75) is 0 Å². The number of aromatic nitrogens is 1. The largest absolute Gasteiger partial charge is 0.500 e. The van der Waals surface area contributed by atoms with Gasteiger partial charge in [-0.1, -0.05) is 6.08 Å². The van der Waals surface area contributed by atoms with Crippen LogP contribution in [0.4, 0.5) is 5.69 Å². The maximum atomic E-state index is 11.1. The molecule has 1 N–H and O–H groups in total. The van der Waals surface area contributed by atoms with E-state index in [2.05, 4.69) is 4.98 Å². The molecule has 0 radical (unpaired) electrons. The molecule has 2 aromatic carbocycles. The zero-order valence-electron chi connectivity index (χ0n) is 15.9. The first-order valence-corrected chi connectivity index (χ1v) is 9.26. The van der Waals surface area contributed by atoms with Crippen molar-refractivity contribution in [2.75, 3.05) is 21.3 Å². The predicted molar refractivity (Wildman–Crippen MR) is 111 cm³/mol. The molecule has 9 heteroatoms.